The first kappa shape index (κ1) is 21.4. The van der Waals surface area contributed by atoms with Crippen molar-refractivity contribution in [3.8, 4) is 17.6 Å². The number of hydrazone groups is 1. The summed E-state index contributed by atoms with van der Waals surface area (Å²) in [6, 6.07) is 18.6. The standard InChI is InChI=1S/C24H22N4O3S/c1-30-21-10-9-16(12-22(21)31-2)20-13-19(23-8-5-11-32-23)27-28(20)24(29)15-26-18-7-4-3-6-17(18)14-25/h3-12,20,26H,13,15H2,1-2H3/t20-/m0/s1. The van der Waals surface area contributed by atoms with Crippen LogP contribution in [-0.2, 0) is 4.79 Å². The molecule has 32 heavy (non-hydrogen) atoms. The van der Waals surface area contributed by atoms with E-state index in [4.69, 9.17) is 9.47 Å². The van der Waals surface area contributed by atoms with Crippen LogP contribution in [0.1, 0.15) is 28.5 Å². The summed E-state index contributed by atoms with van der Waals surface area (Å²) in [7, 11) is 3.18. The number of nitriles is 1. The van der Waals surface area contributed by atoms with Gasteiger partial charge in [0.1, 0.15) is 6.07 Å². The molecule has 3 aromatic rings. The fraction of sp³-hybridized carbons (Fsp3) is 0.208. The zero-order chi connectivity index (χ0) is 22.5. The van der Waals surface area contributed by atoms with Crippen LogP contribution in [0.4, 0.5) is 5.69 Å². The van der Waals surface area contributed by atoms with Gasteiger partial charge in [-0.2, -0.15) is 10.4 Å². The van der Waals surface area contributed by atoms with Crippen LogP contribution in [0.5, 0.6) is 11.5 Å². The van der Waals surface area contributed by atoms with Crippen molar-refractivity contribution >= 4 is 28.6 Å². The molecule has 4 rings (SSSR count). The van der Waals surface area contributed by atoms with Crippen LogP contribution in [0.25, 0.3) is 0 Å². The van der Waals surface area contributed by atoms with E-state index >= 15 is 0 Å². The Kier molecular flexibility index (Phi) is 6.38. The second kappa shape index (κ2) is 9.54. The fourth-order valence-corrected chi connectivity index (χ4v) is 4.36. The Labute approximate surface area is 190 Å². The van der Waals surface area contributed by atoms with Crippen molar-refractivity contribution < 1.29 is 14.3 Å². The van der Waals surface area contributed by atoms with E-state index in [1.807, 2.05) is 41.8 Å². The molecule has 1 N–H and O–H groups in total. The molecule has 0 saturated carbocycles. The highest BCUT2D eigenvalue weighted by Gasteiger charge is 2.33. The third-order valence-electron chi connectivity index (χ3n) is 5.24. The summed E-state index contributed by atoms with van der Waals surface area (Å²) >= 11 is 1.59. The highest BCUT2D eigenvalue weighted by Crippen LogP contribution is 2.37. The maximum absolute atomic E-state index is 13.2. The summed E-state index contributed by atoms with van der Waals surface area (Å²) in [5, 5.41) is 20.6. The summed E-state index contributed by atoms with van der Waals surface area (Å²) in [4.78, 5) is 14.3. The van der Waals surface area contributed by atoms with Gasteiger partial charge < -0.3 is 14.8 Å². The molecule has 0 unspecified atom stereocenters. The number of carbonyl (C=O) groups excluding carboxylic acids is 1. The van der Waals surface area contributed by atoms with E-state index in [-0.39, 0.29) is 18.5 Å². The number of thiophene rings is 1. The average molecular weight is 447 g/mol. The number of nitrogens with one attached hydrogen (secondary N) is 1. The fourth-order valence-electron chi connectivity index (χ4n) is 3.64. The molecule has 2 aromatic carbocycles. The van der Waals surface area contributed by atoms with Crippen LogP contribution in [0.2, 0.25) is 0 Å². The number of ether oxygens (including phenoxy) is 2. The number of rotatable bonds is 7. The first-order chi connectivity index (χ1) is 15.6. The van der Waals surface area contributed by atoms with Gasteiger partial charge in [0, 0.05) is 6.42 Å². The van der Waals surface area contributed by atoms with E-state index < -0.39 is 0 Å². The van der Waals surface area contributed by atoms with Gasteiger partial charge in [-0.25, -0.2) is 5.01 Å². The largest absolute Gasteiger partial charge is 0.493 e. The predicted molar refractivity (Wildman–Crippen MR) is 124 cm³/mol. The number of carbonyl (C=O) groups is 1. The molecular weight excluding hydrogens is 424 g/mol. The SMILES string of the molecule is COc1ccc([C@@H]2CC(c3cccs3)=NN2C(=O)CNc2ccccc2C#N)cc1OC. The molecule has 1 aliphatic heterocycles. The minimum absolute atomic E-state index is 0.0176. The normalized spacial score (nSPS) is 15.1. The van der Waals surface area contributed by atoms with Crippen molar-refractivity contribution in [2.45, 2.75) is 12.5 Å². The van der Waals surface area contributed by atoms with Crippen molar-refractivity contribution in [2.75, 3.05) is 26.1 Å². The number of amides is 1. The maximum Gasteiger partial charge on any atom is 0.262 e. The number of hydrogen-bond acceptors (Lipinski definition) is 7. The van der Waals surface area contributed by atoms with E-state index in [2.05, 4.69) is 16.5 Å². The first-order valence-corrected chi connectivity index (χ1v) is 10.9. The number of methoxy groups -OCH3 is 2. The second-order valence-corrected chi connectivity index (χ2v) is 8.06. The number of benzene rings is 2. The molecule has 0 saturated heterocycles. The Balaban J connectivity index is 1.61. The Morgan fingerprint density at radius 2 is 2.00 bits per heavy atom. The van der Waals surface area contributed by atoms with E-state index in [0.29, 0.717) is 29.2 Å². The Morgan fingerprint density at radius 1 is 1.19 bits per heavy atom. The third kappa shape index (κ3) is 4.29. The molecule has 0 spiro atoms. The molecule has 7 nitrogen and oxygen atoms in total. The molecule has 1 aliphatic rings. The lowest BCUT2D eigenvalue weighted by Crippen LogP contribution is -2.32. The lowest BCUT2D eigenvalue weighted by atomic mass is 10.0. The van der Waals surface area contributed by atoms with E-state index in [1.54, 1.807) is 43.8 Å². The van der Waals surface area contributed by atoms with Gasteiger partial charge in [-0.1, -0.05) is 24.3 Å². The van der Waals surface area contributed by atoms with Crippen molar-refractivity contribution in [3.63, 3.8) is 0 Å². The number of hydrogen-bond donors (Lipinski definition) is 1. The molecule has 0 fully saturated rings. The first-order valence-electron chi connectivity index (χ1n) is 10.0. The van der Waals surface area contributed by atoms with Crippen molar-refractivity contribution in [2.24, 2.45) is 5.10 Å². The van der Waals surface area contributed by atoms with Gasteiger partial charge in [0.05, 0.1) is 48.6 Å². The summed E-state index contributed by atoms with van der Waals surface area (Å²) in [5.41, 5.74) is 2.88. The van der Waals surface area contributed by atoms with E-state index in [0.717, 1.165) is 16.2 Å². The lowest BCUT2D eigenvalue weighted by Gasteiger charge is -2.23. The summed E-state index contributed by atoms with van der Waals surface area (Å²) in [5.74, 6) is 1.04. The van der Waals surface area contributed by atoms with E-state index in [1.165, 1.54) is 5.01 Å². The van der Waals surface area contributed by atoms with Gasteiger partial charge in [0.25, 0.3) is 5.91 Å². The smallest absolute Gasteiger partial charge is 0.262 e. The van der Waals surface area contributed by atoms with Gasteiger partial charge in [-0.3, -0.25) is 4.79 Å². The molecule has 2 heterocycles. The van der Waals surface area contributed by atoms with Gasteiger partial charge >= 0.3 is 0 Å². The molecular formula is C24H22N4O3S. The van der Waals surface area contributed by atoms with Crippen LogP contribution >= 0.6 is 11.3 Å². The van der Waals surface area contributed by atoms with Gasteiger partial charge in [-0.15, -0.1) is 11.3 Å². The summed E-state index contributed by atoms with van der Waals surface area (Å²) in [6.45, 7) is 0.0176. The highest BCUT2D eigenvalue weighted by atomic mass is 32.1. The van der Waals surface area contributed by atoms with Crippen molar-refractivity contribution in [3.05, 3.63) is 76.0 Å². The predicted octanol–water partition coefficient (Wildman–Crippen LogP) is 4.43. The van der Waals surface area contributed by atoms with Gasteiger partial charge in [-0.05, 0) is 41.3 Å². The van der Waals surface area contributed by atoms with Crippen molar-refractivity contribution in [1.29, 1.82) is 5.26 Å². The molecule has 0 radical (unpaired) electrons. The summed E-state index contributed by atoms with van der Waals surface area (Å²) < 4.78 is 10.8. The van der Waals surface area contributed by atoms with Crippen LogP contribution in [0, 0.1) is 11.3 Å². The van der Waals surface area contributed by atoms with Crippen LogP contribution in [-0.4, -0.2) is 37.4 Å². The minimum Gasteiger partial charge on any atom is -0.493 e. The molecule has 0 bridgehead atoms. The molecule has 1 aromatic heterocycles. The molecule has 1 amide bonds. The van der Waals surface area contributed by atoms with Gasteiger partial charge in [0.2, 0.25) is 0 Å². The number of nitrogens with zero attached hydrogens (tertiary/aromatic N) is 3. The van der Waals surface area contributed by atoms with Crippen LogP contribution in [0.3, 0.4) is 0 Å². The molecule has 0 aliphatic carbocycles. The molecule has 8 heteroatoms. The zero-order valence-electron chi connectivity index (χ0n) is 17.7. The second-order valence-electron chi connectivity index (χ2n) is 7.11. The Morgan fingerprint density at radius 3 is 2.72 bits per heavy atom. The quantitative estimate of drug-likeness (QED) is 0.580. The lowest BCUT2D eigenvalue weighted by molar-refractivity contribution is -0.131. The zero-order valence-corrected chi connectivity index (χ0v) is 18.6. The van der Waals surface area contributed by atoms with E-state index in [9.17, 15) is 10.1 Å². The third-order valence-corrected chi connectivity index (χ3v) is 6.16. The minimum atomic E-state index is -0.271. The monoisotopic (exact) mass is 446 g/mol. The van der Waals surface area contributed by atoms with Crippen LogP contribution in [0.15, 0.2) is 65.1 Å². The Hall–Kier alpha value is -3.83. The van der Waals surface area contributed by atoms with Crippen LogP contribution < -0.4 is 14.8 Å². The topological polar surface area (TPSA) is 87.0 Å². The van der Waals surface area contributed by atoms with Crippen molar-refractivity contribution in [1.82, 2.24) is 5.01 Å². The van der Waals surface area contributed by atoms with Gasteiger partial charge in [0.15, 0.2) is 11.5 Å². The average Bonchev–Trinajstić information content (AvgIpc) is 3.52. The summed E-state index contributed by atoms with van der Waals surface area (Å²) in [6.07, 6.45) is 0.594. The number of para-hydroxylation sites is 1. The maximum atomic E-state index is 13.2. The highest BCUT2D eigenvalue weighted by molar-refractivity contribution is 7.12. The Bertz CT molecular complexity index is 1180. The molecule has 162 valence electrons. The molecule has 1 atom stereocenters. The number of anilines is 1.